The molecule has 0 unspecified atom stereocenters. The van der Waals surface area contributed by atoms with Gasteiger partial charge in [0.15, 0.2) is 5.69 Å². The molecular formula is C13H8Br2N4O4. The highest BCUT2D eigenvalue weighted by atomic mass is 79.9. The van der Waals surface area contributed by atoms with Gasteiger partial charge in [-0.15, -0.1) is 0 Å². The average Bonchev–Trinajstić information content (AvgIpc) is 2.82. The number of halogens is 2. The summed E-state index contributed by atoms with van der Waals surface area (Å²) in [5.74, 6) is -0.812. The summed E-state index contributed by atoms with van der Waals surface area (Å²) in [5, 5.41) is 20.5. The van der Waals surface area contributed by atoms with Crippen LogP contribution in [0.3, 0.4) is 0 Å². The van der Waals surface area contributed by atoms with Gasteiger partial charge in [-0.2, -0.15) is 5.26 Å². The number of nitriles is 1. The van der Waals surface area contributed by atoms with Crippen molar-refractivity contribution in [3.63, 3.8) is 0 Å². The third kappa shape index (κ3) is 2.93. The van der Waals surface area contributed by atoms with Crippen LogP contribution in [0.15, 0.2) is 27.3 Å². The SMILES string of the molecule is COC(=O)c1c(N)c(C#N)cn1-c1c(Br)cc(Br)cc1[N+](=O)[O-]. The van der Waals surface area contributed by atoms with E-state index in [9.17, 15) is 14.9 Å². The van der Waals surface area contributed by atoms with Crippen LogP contribution in [0, 0.1) is 21.4 Å². The Morgan fingerprint density at radius 3 is 2.65 bits per heavy atom. The molecule has 0 aliphatic heterocycles. The van der Waals surface area contributed by atoms with Crippen molar-refractivity contribution in [2.24, 2.45) is 0 Å². The first-order valence-corrected chi connectivity index (χ1v) is 7.53. The van der Waals surface area contributed by atoms with Crippen molar-refractivity contribution in [1.29, 1.82) is 5.26 Å². The molecule has 118 valence electrons. The van der Waals surface area contributed by atoms with Crippen LogP contribution in [0.5, 0.6) is 0 Å². The predicted octanol–water partition coefficient (Wildman–Crippen LogP) is 3.15. The molecule has 0 bridgehead atoms. The van der Waals surface area contributed by atoms with Crippen LogP contribution < -0.4 is 5.73 Å². The molecule has 0 atom stereocenters. The van der Waals surface area contributed by atoms with Gasteiger partial charge in [-0.25, -0.2) is 4.79 Å². The van der Waals surface area contributed by atoms with Gasteiger partial charge in [-0.1, -0.05) is 15.9 Å². The van der Waals surface area contributed by atoms with Gasteiger partial charge < -0.3 is 15.0 Å². The monoisotopic (exact) mass is 442 g/mol. The van der Waals surface area contributed by atoms with Crippen molar-refractivity contribution in [2.45, 2.75) is 0 Å². The van der Waals surface area contributed by atoms with E-state index < -0.39 is 10.9 Å². The fourth-order valence-corrected chi connectivity index (χ4v) is 3.41. The lowest BCUT2D eigenvalue weighted by Crippen LogP contribution is -2.12. The fourth-order valence-electron chi connectivity index (χ4n) is 2.02. The minimum Gasteiger partial charge on any atom is -0.464 e. The number of nitrogens with two attached hydrogens (primary N) is 1. The van der Waals surface area contributed by atoms with E-state index in [1.807, 2.05) is 6.07 Å². The highest BCUT2D eigenvalue weighted by Gasteiger charge is 2.28. The Bertz CT molecular complexity index is 870. The highest BCUT2D eigenvalue weighted by molar-refractivity contribution is 9.11. The van der Waals surface area contributed by atoms with Gasteiger partial charge in [0.1, 0.15) is 11.8 Å². The molecule has 1 heterocycles. The first-order valence-electron chi connectivity index (χ1n) is 5.94. The summed E-state index contributed by atoms with van der Waals surface area (Å²) >= 11 is 6.40. The average molecular weight is 444 g/mol. The smallest absolute Gasteiger partial charge is 0.357 e. The van der Waals surface area contributed by atoms with Crippen molar-refractivity contribution in [2.75, 3.05) is 12.8 Å². The van der Waals surface area contributed by atoms with Crippen molar-refractivity contribution in [1.82, 2.24) is 4.57 Å². The normalized spacial score (nSPS) is 10.2. The number of carbonyl (C=O) groups excluding carboxylic acids is 1. The quantitative estimate of drug-likeness (QED) is 0.441. The zero-order valence-corrected chi connectivity index (χ0v) is 14.7. The number of hydrogen-bond donors (Lipinski definition) is 1. The standard InChI is InChI=1S/C13H8Br2N4O4/c1-23-13(20)12-10(17)6(4-16)5-18(12)11-8(15)2-7(14)3-9(11)19(21)22/h2-3,5H,17H2,1H3. The summed E-state index contributed by atoms with van der Waals surface area (Å²) in [5.41, 5.74) is 5.32. The van der Waals surface area contributed by atoms with E-state index in [0.29, 0.717) is 8.95 Å². The minimum absolute atomic E-state index is 0.00881. The van der Waals surface area contributed by atoms with Crippen LogP contribution in [0.1, 0.15) is 16.1 Å². The molecule has 1 aromatic heterocycles. The maximum Gasteiger partial charge on any atom is 0.357 e. The molecule has 0 saturated heterocycles. The van der Waals surface area contributed by atoms with E-state index in [1.54, 1.807) is 6.07 Å². The lowest BCUT2D eigenvalue weighted by molar-refractivity contribution is -0.384. The number of nitro groups is 1. The number of benzene rings is 1. The molecule has 0 amide bonds. The van der Waals surface area contributed by atoms with Crippen LogP contribution in [-0.4, -0.2) is 22.6 Å². The number of rotatable bonds is 3. The molecule has 2 N–H and O–H groups in total. The summed E-state index contributed by atoms with van der Waals surface area (Å²) in [6.45, 7) is 0. The minimum atomic E-state index is -0.812. The second kappa shape index (κ2) is 6.39. The van der Waals surface area contributed by atoms with E-state index in [1.165, 1.54) is 16.8 Å². The Labute approximate surface area is 146 Å². The number of hydrogen-bond acceptors (Lipinski definition) is 6. The highest BCUT2D eigenvalue weighted by Crippen LogP contribution is 2.37. The molecule has 0 aliphatic rings. The van der Waals surface area contributed by atoms with Crippen LogP contribution in [-0.2, 0) is 4.74 Å². The summed E-state index contributed by atoms with van der Waals surface area (Å²) < 4.78 is 6.64. The third-order valence-corrected chi connectivity index (χ3v) is 4.05. The molecule has 10 heteroatoms. The molecule has 8 nitrogen and oxygen atoms in total. The van der Waals surface area contributed by atoms with Crippen LogP contribution in [0.4, 0.5) is 11.4 Å². The zero-order valence-electron chi connectivity index (χ0n) is 11.5. The molecule has 2 rings (SSSR count). The molecule has 0 aliphatic carbocycles. The fraction of sp³-hybridized carbons (Fsp3) is 0.0769. The number of nitrogens with zero attached hydrogens (tertiary/aromatic N) is 3. The van der Waals surface area contributed by atoms with Crippen molar-refractivity contribution in [3.8, 4) is 11.8 Å². The number of methoxy groups -OCH3 is 1. The van der Waals surface area contributed by atoms with Crippen molar-refractivity contribution < 1.29 is 14.5 Å². The predicted molar refractivity (Wildman–Crippen MR) is 88.3 cm³/mol. The van der Waals surface area contributed by atoms with E-state index in [4.69, 9.17) is 11.0 Å². The van der Waals surface area contributed by atoms with Gasteiger partial charge in [0, 0.05) is 21.2 Å². The number of aromatic nitrogens is 1. The Kier molecular flexibility index (Phi) is 4.72. The number of nitrogen functional groups attached to an aromatic ring is 1. The molecule has 0 radical (unpaired) electrons. The third-order valence-electron chi connectivity index (χ3n) is 2.99. The van der Waals surface area contributed by atoms with Crippen molar-refractivity contribution in [3.05, 3.63) is 48.6 Å². The number of ether oxygens (including phenoxy) is 1. The van der Waals surface area contributed by atoms with Gasteiger partial charge in [0.25, 0.3) is 5.69 Å². The summed E-state index contributed by atoms with van der Waals surface area (Å²) in [6, 6.07) is 4.69. The first-order chi connectivity index (χ1) is 10.8. The molecular weight excluding hydrogens is 436 g/mol. The van der Waals surface area contributed by atoms with E-state index >= 15 is 0 Å². The zero-order chi connectivity index (χ0) is 17.3. The Morgan fingerprint density at radius 2 is 2.13 bits per heavy atom. The molecule has 0 saturated carbocycles. The summed E-state index contributed by atoms with van der Waals surface area (Å²) in [6.07, 6.45) is 1.25. The van der Waals surface area contributed by atoms with Gasteiger partial charge in [0.2, 0.25) is 0 Å². The number of nitro benzene ring substituents is 1. The molecule has 0 fully saturated rings. The lowest BCUT2D eigenvalue weighted by Gasteiger charge is -2.11. The van der Waals surface area contributed by atoms with Crippen molar-refractivity contribution >= 4 is 49.2 Å². The van der Waals surface area contributed by atoms with Crippen LogP contribution >= 0.6 is 31.9 Å². The second-order valence-corrected chi connectivity index (χ2v) is 6.06. The Morgan fingerprint density at radius 1 is 1.48 bits per heavy atom. The summed E-state index contributed by atoms with van der Waals surface area (Å²) in [4.78, 5) is 22.7. The maximum atomic E-state index is 12.0. The van der Waals surface area contributed by atoms with Crippen LogP contribution in [0.2, 0.25) is 0 Å². The number of anilines is 1. The molecule has 2 aromatic rings. The van der Waals surface area contributed by atoms with Crippen LogP contribution in [0.25, 0.3) is 5.69 Å². The molecule has 0 spiro atoms. The lowest BCUT2D eigenvalue weighted by atomic mass is 10.2. The van der Waals surface area contributed by atoms with Gasteiger partial charge in [-0.3, -0.25) is 10.1 Å². The van der Waals surface area contributed by atoms with Gasteiger partial charge in [-0.05, 0) is 22.0 Å². The largest absolute Gasteiger partial charge is 0.464 e. The van der Waals surface area contributed by atoms with Gasteiger partial charge >= 0.3 is 5.97 Å². The topological polar surface area (TPSA) is 124 Å². The van der Waals surface area contributed by atoms with E-state index in [0.717, 1.165) is 7.11 Å². The number of carbonyl (C=O) groups is 1. The van der Waals surface area contributed by atoms with E-state index in [-0.39, 0.29) is 28.3 Å². The van der Waals surface area contributed by atoms with E-state index in [2.05, 4.69) is 36.6 Å². The molecule has 23 heavy (non-hydrogen) atoms. The number of esters is 1. The summed E-state index contributed by atoms with van der Waals surface area (Å²) in [7, 11) is 1.15. The second-order valence-electron chi connectivity index (χ2n) is 4.29. The van der Waals surface area contributed by atoms with Gasteiger partial charge in [0.05, 0.1) is 23.3 Å². The Hall–Kier alpha value is -2.38. The molecule has 1 aromatic carbocycles. The first kappa shape index (κ1) is 17.0. The Balaban J connectivity index is 2.91. The maximum absolute atomic E-state index is 12.0.